The van der Waals surface area contributed by atoms with E-state index in [1.807, 2.05) is 13.1 Å². The van der Waals surface area contributed by atoms with E-state index in [1.165, 1.54) is 6.07 Å². The minimum Gasteiger partial charge on any atom is -0.314 e. The molecule has 0 atom stereocenters. The molecule has 0 saturated carbocycles. The van der Waals surface area contributed by atoms with Gasteiger partial charge in [-0.05, 0) is 47.2 Å². The molecule has 4 nitrogen and oxygen atoms in total. The van der Waals surface area contributed by atoms with Gasteiger partial charge in [-0.2, -0.15) is 5.10 Å². The number of rotatable bonds is 3. The van der Waals surface area contributed by atoms with Gasteiger partial charge in [-0.25, -0.2) is 13.9 Å². The summed E-state index contributed by atoms with van der Waals surface area (Å²) in [6, 6.07) is 10.2. The predicted molar refractivity (Wildman–Crippen MR) is 78.8 cm³/mol. The molecule has 0 saturated heterocycles. The van der Waals surface area contributed by atoms with Gasteiger partial charge in [0.25, 0.3) is 0 Å². The number of halogens is 2. The molecule has 0 fully saturated rings. The van der Waals surface area contributed by atoms with Crippen molar-refractivity contribution in [2.75, 3.05) is 7.05 Å². The minimum atomic E-state index is -0.286. The Labute approximate surface area is 123 Å². The van der Waals surface area contributed by atoms with Crippen molar-refractivity contribution in [3.05, 3.63) is 52.5 Å². The second-order valence-corrected chi connectivity index (χ2v) is 5.10. The molecular formula is C14H12BrFN4. The first-order valence-electron chi connectivity index (χ1n) is 6.14. The second-order valence-electron chi connectivity index (χ2n) is 4.35. The van der Waals surface area contributed by atoms with Crippen LogP contribution in [0.4, 0.5) is 4.39 Å². The van der Waals surface area contributed by atoms with E-state index in [4.69, 9.17) is 0 Å². The summed E-state index contributed by atoms with van der Waals surface area (Å²) in [5.41, 5.74) is 2.64. The Bertz CT molecular complexity index is 769. The summed E-state index contributed by atoms with van der Waals surface area (Å²) < 4.78 is 16.3. The fourth-order valence-electron chi connectivity index (χ4n) is 2.04. The number of hydrogen-bond acceptors (Lipinski definition) is 3. The van der Waals surface area contributed by atoms with Crippen LogP contribution in [0, 0.1) is 5.82 Å². The number of benzene rings is 1. The zero-order valence-electron chi connectivity index (χ0n) is 10.8. The molecule has 1 N–H and O–H groups in total. The largest absolute Gasteiger partial charge is 0.314 e. The number of nitrogens with one attached hydrogen (secondary N) is 1. The standard InChI is InChI=1S/C14H12BrFN4/c1-17-8-12-14(15)20-13(18-12)7-6-11(19-20)9-4-2-3-5-10(9)16/h2-7,17H,8H2,1H3. The van der Waals surface area contributed by atoms with E-state index < -0.39 is 0 Å². The molecule has 2 heterocycles. The van der Waals surface area contributed by atoms with Crippen molar-refractivity contribution in [2.24, 2.45) is 0 Å². The molecule has 0 amide bonds. The summed E-state index contributed by atoms with van der Waals surface area (Å²) in [7, 11) is 1.86. The van der Waals surface area contributed by atoms with Crippen molar-refractivity contribution < 1.29 is 4.39 Å². The van der Waals surface area contributed by atoms with Crippen LogP contribution in [0.5, 0.6) is 0 Å². The fourth-order valence-corrected chi connectivity index (χ4v) is 2.53. The van der Waals surface area contributed by atoms with E-state index in [0.29, 0.717) is 17.8 Å². The maximum Gasteiger partial charge on any atom is 0.155 e. The molecule has 0 unspecified atom stereocenters. The lowest BCUT2D eigenvalue weighted by Gasteiger charge is -2.03. The third-order valence-corrected chi connectivity index (χ3v) is 3.78. The molecule has 0 aliphatic carbocycles. The van der Waals surface area contributed by atoms with Gasteiger partial charge in [0.2, 0.25) is 0 Å². The Morgan fingerprint density at radius 1 is 1.25 bits per heavy atom. The monoisotopic (exact) mass is 334 g/mol. The second kappa shape index (κ2) is 5.30. The van der Waals surface area contributed by atoms with Gasteiger partial charge < -0.3 is 5.32 Å². The molecule has 102 valence electrons. The van der Waals surface area contributed by atoms with E-state index in [0.717, 1.165) is 15.9 Å². The average molecular weight is 335 g/mol. The molecule has 1 aromatic carbocycles. The first kappa shape index (κ1) is 13.2. The van der Waals surface area contributed by atoms with Gasteiger partial charge in [0.05, 0.1) is 11.4 Å². The molecule has 20 heavy (non-hydrogen) atoms. The van der Waals surface area contributed by atoms with Gasteiger partial charge in [0, 0.05) is 12.1 Å². The predicted octanol–water partition coefficient (Wildman–Crippen LogP) is 3.02. The Morgan fingerprint density at radius 2 is 2.05 bits per heavy atom. The van der Waals surface area contributed by atoms with Gasteiger partial charge in [-0.15, -0.1) is 0 Å². The van der Waals surface area contributed by atoms with Gasteiger partial charge in [0.15, 0.2) is 5.65 Å². The molecule has 0 radical (unpaired) electrons. The molecule has 0 aliphatic rings. The van der Waals surface area contributed by atoms with Crippen molar-refractivity contribution in [3.8, 4) is 11.3 Å². The van der Waals surface area contributed by atoms with Crippen molar-refractivity contribution in [1.82, 2.24) is 19.9 Å². The van der Waals surface area contributed by atoms with Crippen molar-refractivity contribution in [2.45, 2.75) is 6.54 Å². The Morgan fingerprint density at radius 3 is 2.80 bits per heavy atom. The van der Waals surface area contributed by atoms with Crippen LogP contribution in [0.1, 0.15) is 5.69 Å². The smallest absolute Gasteiger partial charge is 0.155 e. The highest BCUT2D eigenvalue weighted by atomic mass is 79.9. The first-order valence-corrected chi connectivity index (χ1v) is 6.93. The Hall–Kier alpha value is -1.79. The SMILES string of the molecule is CNCc1nc2ccc(-c3ccccc3F)nn2c1Br. The van der Waals surface area contributed by atoms with Crippen molar-refractivity contribution in [3.63, 3.8) is 0 Å². The summed E-state index contributed by atoms with van der Waals surface area (Å²) in [6.45, 7) is 0.638. The van der Waals surface area contributed by atoms with Crippen LogP contribution in [0.3, 0.4) is 0 Å². The van der Waals surface area contributed by atoms with Gasteiger partial charge in [-0.3, -0.25) is 0 Å². The van der Waals surface area contributed by atoms with Crippen LogP contribution in [-0.2, 0) is 6.54 Å². The van der Waals surface area contributed by atoms with Gasteiger partial charge >= 0.3 is 0 Å². The summed E-state index contributed by atoms with van der Waals surface area (Å²) in [5, 5.41) is 7.50. The Kier molecular flexibility index (Phi) is 3.50. The topological polar surface area (TPSA) is 42.2 Å². The molecule has 0 spiro atoms. The zero-order valence-corrected chi connectivity index (χ0v) is 12.4. The molecular weight excluding hydrogens is 323 g/mol. The summed E-state index contributed by atoms with van der Waals surface area (Å²) in [5.74, 6) is -0.286. The first-order chi connectivity index (χ1) is 9.70. The number of aromatic nitrogens is 3. The zero-order chi connectivity index (χ0) is 14.1. The van der Waals surface area contributed by atoms with Crippen molar-refractivity contribution >= 4 is 21.6 Å². The van der Waals surface area contributed by atoms with E-state index in [9.17, 15) is 4.39 Å². The van der Waals surface area contributed by atoms with Crippen LogP contribution in [-0.4, -0.2) is 21.6 Å². The number of hydrogen-bond donors (Lipinski definition) is 1. The molecule has 2 aromatic heterocycles. The quantitative estimate of drug-likeness (QED) is 0.800. The summed E-state index contributed by atoms with van der Waals surface area (Å²) in [4.78, 5) is 4.46. The third kappa shape index (κ3) is 2.21. The molecule has 0 bridgehead atoms. The van der Waals surface area contributed by atoms with E-state index in [1.54, 1.807) is 28.8 Å². The van der Waals surface area contributed by atoms with E-state index in [-0.39, 0.29) is 5.82 Å². The van der Waals surface area contributed by atoms with Crippen LogP contribution in [0.25, 0.3) is 16.9 Å². The lowest BCUT2D eigenvalue weighted by atomic mass is 10.1. The van der Waals surface area contributed by atoms with E-state index >= 15 is 0 Å². The van der Waals surface area contributed by atoms with Crippen LogP contribution in [0.2, 0.25) is 0 Å². The fraction of sp³-hybridized carbons (Fsp3) is 0.143. The van der Waals surface area contributed by atoms with Gasteiger partial charge in [0.1, 0.15) is 10.4 Å². The number of imidazole rings is 1. The Balaban J connectivity index is 2.15. The third-order valence-electron chi connectivity index (χ3n) is 2.98. The lowest BCUT2D eigenvalue weighted by molar-refractivity contribution is 0.630. The van der Waals surface area contributed by atoms with Gasteiger partial charge in [-0.1, -0.05) is 12.1 Å². The van der Waals surface area contributed by atoms with Crippen LogP contribution in [0.15, 0.2) is 41.0 Å². The highest BCUT2D eigenvalue weighted by Gasteiger charge is 2.12. The minimum absolute atomic E-state index is 0.286. The molecule has 3 aromatic rings. The van der Waals surface area contributed by atoms with Crippen LogP contribution >= 0.6 is 15.9 Å². The summed E-state index contributed by atoms with van der Waals surface area (Å²) in [6.07, 6.45) is 0. The molecule has 0 aliphatic heterocycles. The summed E-state index contributed by atoms with van der Waals surface area (Å²) >= 11 is 3.48. The highest BCUT2D eigenvalue weighted by Crippen LogP contribution is 2.23. The number of fused-ring (bicyclic) bond motifs is 1. The number of nitrogens with zero attached hydrogens (tertiary/aromatic N) is 3. The maximum absolute atomic E-state index is 13.8. The van der Waals surface area contributed by atoms with Crippen LogP contribution < -0.4 is 5.32 Å². The highest BCUT2D eigenvalue weighted by molar-refractivity contribution is 9.10. The normalized spacial score (nSPS) is 11.2. The molecule has 6 heteroatoms. The lowest BCUT2D eigenvalue weighted by Crippen LogP contribution is -2.05. The maximum atomic E-state index is 13.8. The van der Waals surface area contributed by atoms with E-state index in [2.05, 4.69) is 31.3 Å². The average Bonchev–Trinajstić information content (AvgIpc) is 2.76. The molecule has 3 rings (SSSR count). The van der Waals surface area contributed by atoms with Crippen molar-refractivity contribution in [1.29, 1.82) is 0 Å².